The molecule has 3 atom stereocenters. The molecule has 0 fully saturated rings. The standard InChI is InChI=1S/C30H35N5O7S/c1-17(19-10-8-7-9-11-19)23(25(37)35-28-32-22(16-43-28)27(39)41-6)33-26(38)24(34-29(40)42-30(3,4)5)20-12-14-21(15-13-20)31-18(2)36/h7-17,23-24H,1-6H3,(H,31,36)(H,33,38)(H,34,40)(H,32,35,37)/t17?,23?,24-/m1/s1. The van der Waals surface area contributed by atoms with Crippen molar-refractivity contribution in [3.63, 3.8) is 0 Å². The molecule has 0 aliphatic heterocycles. The van der Waals surface area contributed by atoms with Crippen LogP contribution in [0.15, 0.2) is 60.0 Å². The van der Waals surface area contributed by atoms with E-state index in [9.17, 15) is 24.0 Å². The van der Waals surface area contributed by atoms with E-state index < -0.39 is 47.5 Å². The zero-order valence-electron chi connectivity index (χ0n) is 24.7. The number of methoxy groups -OCH3 is 1. The normalized spacial score (nSPS) is 13.1. The molecule has 0 bridgehead atoms. The lowest BCUT2D eigenvalue weighted by Gasteiger charge is -2.28. The largest absolute Gasteiger partial charge is 0.464 e. The van der Waals surface area contributed by atoms with Gasteiger partial charge in [-0.2, -0.15) is 0 Å². The van der Waals surface area contributed by atoms with Gasteiger partial charge < -0.3 is 30.7 Å². The van der Waals surface area contributed by atoms with E-state index in [1.807, 2.05) is 30.3 Å². The molecule has 4 N–H and O–H groups in total. The van der Waals surface area contributed by atoms with E-state index in [1.54, 1.807) is 52.0 Å². The fourth-order valence-corrected chi connectivity index (χ4v) is 4.69. The second-order valence-electron chi connectivity index (χ2n) is 10.6. The highest BCUT2D eigenvalue weighted by atomic mass is 32.1. The van der Waals surface area contributed by atoms with Crippen LogP contribution in [-0.2, 0) is 23.9 Å². The van der Waals surface area contributed by atoms with Gasteiger partial charge in [0.05, 0.1) is 7.11 Å². The molecule has 2 aromatic carbocycles. The number of esters is 1. The van der Waals surface area contributed by atoms with Gasteiger partial charge in [0.2, 0.25) is 17.7 Å². The average molecular weight is 610 g/mol. The minimum Gasteiger partial charge on any atom is -0.464 e. The molecule has 1 aromatic heterocycles. The molecule has 0 spiro atoms. The van der Waals surface area contributed by atoms with Crippen LogP contribution in [0.5, 0.6) is 0 Å². The minimum atomic E-state index is -1.26. The molecule has 0 radical (unpaired) electrons. The highest BCUT2D eigenvalue weighted by molar-refractivity contribution is 7.14. The third-order valence-electron chi connectivity index (χ3n) is 6.02. The monoisotopic (exact) mass is 609 g/mol. The summed E-state index contributed by atoms with van der Waals surface area (Å²) in [6.07, 6.45) is -0.839. The van der Waals surface area contributed by atoms with Crippen molar-refractivity contribution in [1.82, 2.24) is 15.6 Å². The van der Waals surface area contributed by atoms with E-state index in [0.717, 1.165) is 16.9 Å². The molecular formula is C30H35N5O7S. The second kappa shape index (κ2) is 14.4. The number of nitrogens with one attached hydrogen (secondary N) is 4. The summed E-state index contributed by atoms with van der Waals surface area (Å²) in [5.41, 5.74) is 0.850. The lowest BCUT2D eigenvalue weighted by molar-refractivity contribution is -0.128. The first kappa shape index (κ1) is 32.7. The summed E-state index contributed by atoms with van der Waals surface area (Å²) in [6.45, 7) is 8.22. The Bertz CT molecular complexity index is 1450. The lowest BCUT2D eigenvalue weighted by Crippen LogP contribution is -2.51. The number of hydrogen-bond acceptors (Lipinski definition) is 9. The SMILES string of the molecule is COC(=O)c1csc(NC(=O)C(NC(=O)[C@H](NC(=O)OC(C)(C)C)c2ccc(NC(C)=O)cc2)C(C)c2ccccc2)n1. The number of carbonyl (C=O) groups excluding carboxylic acids is 5. The topological polar surface area (TPSA) is 165 Å². The van der Waals surface area contributed by atoms with Gasteiger partial charge in [0.1, 0.15) is 17.7 Å². The van der Waals surface area contributed by atoms with Gasteiger partial charge in [0, 0.05) is 23.9 Å². The van der Waals surface area contributed by atoms with E-state index in [-0.39, 0.29) is 16.7 Å². The van der Waals surface area contributed by atoms with E-state index in [4.69, 9.17) is 4.74 Å². The Morgan fingerprint density at radius 3 is 2.09 bits per heavy atom. The number of alkyl carbamates (subject to hydrolysis) is 1. The third-order valence-corrected chi connectivity index (χ3v) is 6.78. The maximum Gasteiger partial charge on any atom is 0.408 e. The minimum absolute atomic E-state index is 0.0313. The first-order valence-corrected chi connectivity index (χ1v) is 14.2. The smallest absolute Gasteiger partial charge is 0.408 e. The van der Waals surface area contributed by atoms with Crippen LogP contribution in [0.1, 0.15) is 68.2 Å². The number of anilines is 2. The van der Waals surface area contributed by atoms with Crippen LogP contribution in [0.3, 0.4) is 0 Å². The molecular weight excluding hydrogens is 574 g/mol. The molecule has 4 amide bonds. The maximum atomic E-state index is 13.8. The second-order valence-corrected chi connectivity index (χ2v) is 11.4. The maximum absolute atomic E-state index is 13.8. The summed E-state index contributed by atoms with van der Waals surface area (Å²) >= 11 is 1.03. The Labute approximate surface area is 253 Å². The quantitative estimate of drug-likeness (QED) is 0.246. The number of hydrogen-bond donors (Lipinski definition) is 4. The molecule has 228 valence electrons. The Hall–Kier alpha value is -4.78. The number of aromatic nitrogens is 1. The summed E-state index contributed by atoms with van der Waals surface area (Å²) in [4.78, 5) is 67.6. The summed E-state index contributed by atoms with van der Waals surface area (Å²) in [6, 6.07) is 13.1. The number of rotatable bonds is 10. The highest BCUT2D eigenvalue weighted by Crippen LogP contribution is 2.24. The van der Waals surface area contributed by atoms with Crippen molar-refractivity contribution in [2.45, 2.75) is 58.2 Å². The van der Waals surface area contributed by atoms with Crippen molar-refractivity contribution in [2.24, 2.45) is 0 Å². The molecule has 2 unspecified atom stereocenters. The van der Waals surface area contributed by atoms with Gasteiger partial charge >= 0.3 is 12.1 Å². The number of ether oxygens (including phenoxy) is 2. The first-order valence-electron chi connectivity index (χ1n) is 13.3. The van der Waals surface area contributed by atoms with Gasteiger partial charge in [-0.3, -0.25) is 14.4 Å². The van der Waals surface area contributed by atoms with Gasteiger partial charge in [-0.1, -0.05) is 49.4 Å². The number of nitrogens with zero attached hydrogens (tertiary/aromatic N) is 1. The van der Waals surface area contributed by atoms with Crippen LogP contribution >= 0.6 is 11.3 Å². The summed E-state index contributed by atoms with van der Waals surface area (Å²) < 4.78 is 10.1. The molecule has 0 saturated carbocycles. The molecule has 43 heavy (non-hydrogen) atoms. The van der Waals surface area contributed by atoms with Crippen LogP contribution in [-0.4, -0.2) is 53.5 Å². The summed E-state index contributed by atoms with van der Waals surface area (Å²) in [7, 11) is 1.22. The van der Waals surface area contributed by atoms with Crippen molar-refractivity contribution in [3.05, 3.63) is 76.8 Å². The molecule has 13 heteroatoms. The van der Waals surface area contributed by atoms with Gasteiger partial charge in [-0.05, 0) is 44.0 Å². The number of amides is 4. The average Bonchev–Trinajstić information content (AvgIpc) is 3.42. The fourth-order valence-electron chi connectivity index (χ4n) is 4.00. The van der Waals surface area contributed by atoms with E-state index in [1.165, 1.54) is 19.4 Å². The Morgan fingerprint density at radius 2 is 1.51 bits per heavy atom. The van der Waals surface area contributed by atoms with Crippen LogP contribution in [0, 0.1) is 0 Å². The van der Waals surface area contributed by atoms with Crippen molar-refractivity contribution in [1.29, 1.82) is 0 Å². The van der Waals surface area contributed by atoms with Gasteiger partial charge in [-0.15, -0.1) is 11.3 Å². The highest BCUT2D eigenvalue weighted by Gasteiger charge is 2.33. The predicted octanol–water partition coefficient (Wildman–Crippen LogP) is 4.38. The number of carbonyl (C=O) groups is 5. The molecule has 3 aromatic rings. The van der Waals surface area contributed by atoms with Gasteiger partial charge in [0.15, 0.2) is 10.8 Å². The summed E-state index contributed by atoms with van der Waals surface area (Å²) in [5, 5.41) is 12.3. The molecule has 0 aliphatic rings. The summed E-state index contributed by atoms with van der Waals surface area (Å²) in [5.74, 6) is -2.71. The number of thiazole rings is 1. The molecule has 3 rings (SSSR count). The third kappa shape index (κ3) is 9.64. The van der Waals surface area contributed by atoms with Crippen molar-refractivity contribution >= 4 is 51.9 Å². The van der Waals surface area contributed by atoms with Crippen molar-refractivity contribution in [3.8, 4) is 0 Å². The van der Waals surface area contributed by atoms with Crippen LogP contribution in [0.4, 0.5) is 15.6 Å². The van der Waals surface area contributed by atoms with Gasteiger partial charge in [0.25, 0.3) is 0 Å². The Balaban J connectivity index is 1.93. The Morgan fingerprint density at radius 1 is 0.860 bits per heavy atom. The lowest BCUT2D eigenvalue weighted by atomic mass is 9.92. The molecule has 12 nitrogen and oxygen atoms in total. The van der Waals surface area contributed by atoms with E-state index >= 15 is 0 Å². The van der Waals surface area contributed by atoms with Crippen LogP contribution in [0.2, 0.25) is 0 Å². The molecule has 0 saturated heterocycles. The van der Waals surface area contributed by atoms with Crippen LogP contribution in [0.25, 0.3) is 0 Å². The Kier molecular flexibility index (Phi) is 11.0. The molecule has 0 aliphatic carbocycles. The van der Waals surface area contributed by atoms with Crippen LogP contribution < -0.4 is 21.3 Å². The fraction of sp³-hybridized carbons (Fsp3) is 0.333. The molecule has 1 heterocycles. The van der Waals surface area contributed by atoms with Gasteiger partial charge in [-0.25, -0.2) is 14.6 Å². The zero-order valence-corrected chi connectivity index (χ0v) is 25.5. The predicted molar refractivity (Wildman–Crippen MR) is 162 cm³/mol. The van der Waals surface area contributed by atoms with Crippen molar-refractivity contribution < 1.29 is 33.4 Å². The van der Waals surface area contributed by atoms with E-state index in [2.05, 4.69) is 31.0 Å². The van der Waals surface area contributed by atoms with E-state index in [0.29, 0.717) is 11.3 Å². The first-order chi connectivity index (χ1) is 20.3. The van der Waals surface area contributed by atoms with Crippen molar-refractivity contribution in [2.75, 3.05) is 17.7 Å². The zero-order chi connectivity index (χ0) is 31.7. The number of benzene rings is 2.